The minimum absolute atomic E-state index is 0.0431. The maximum atomic E-state index is 13.5. The van der Waals surface area contributed by atoms with E-state index in [1.165, 1.54) is 12.1 Å². The highest BCUT2D eigenvalue weighted by Gasteiger charge is 2.30. The van der Waals surface area contributed by atoms with Gasteiger partial charge in [0.2, 0.25) is 0 Å². The van der Waals surface area contributed by atoms with Crippen molar-refractivity contribution in [3.63, 3.8) is 0 Å². The van der Waals surface area contributed by atoms with Gasteiger partial charge in [-0.2, -0.15) is 18.2 Å². The van der Waals surface area contributed by atoms with Gasteiger partial charge >= 0.3 is 12.2 Å². The number of nitrogens with one attached hydrogen (secondary N) is 1. The molecule has 1 saturated carbocycles. The second-order valence-corrected chi connectivity index (χ2v) is 5.25. The molecule has 0 radical (unpaired) electrons. The Balaban J connectivity index is 1.68. The summed E-state index contributed by atoms with van der Waals surface area (Å²) in [5.74, 6) is -0.551. The summed E-state index contributed by atoms with van der Waals surface area (Å²) in [5.41, 5.74) is -0.431. The predicted molar refractivity (Wildman–Crippen MR) is 74.4 cm³/mol. The summed E-state index contributed by atoms with van der Waals surface area (Å²) in [4.78, 5) is 7.58. The van der Waals surface area contributed by atoms with Crippen LogP contribution in [-0.2, 0) is 12.8 Å². The molecule has 1 heterocycles. The lowest BCUT2D eigenvalue weighted by atomic mass is 10.1. The number of benzene rings is 1. The first-order chi connectivity index (χ1) is 10.9. The summed E-state index contributed by atoms with van der Waals surface area (Å²) < 4.78 is 56.7. The Morgan fingerprint density at radius 1 is 1.26 bits per heavy atom. The topological polar surface area (TPSA) is 47.0 Å². The Kier molecular flexibility index (Phi) is 4.06. The zero-order chi connectivity index (χ0) is 16.4. The molecule has 23 heavy (non-hydrogen) atoms. The highest BCUT2D eigenvalue weighted by Crippen LogP contribution is 2.30. The van der Waals surface area contributed by atoms with Crippen LogP contribution in [0.1, 0.15) is 24.0 Å². The summed E-state index contributed by atoms with van der Waals surface area (Å²) in [6, 6.07) is 4.89. The Labute approximate surface area is 129 Å². The zero-order valence-corrected chi connectivity index (χ0v) is 11.9. The molecule has 0 bridgehead atoms. The number of anilines is 1. The van der Waals surface area contributed by atoms with E-state index >= 15 is 0 Å². The first-order valence-corrected chi connectivity index (χ1v) is 7.00. The molecule has 0 unspecified atom stereocenters. The minimum Gasteiger partial charge on any atom is -0.459 e. The molecule has 1 aromatic heterocycles. The SMILES string of the molecule is Fc1cnc(OCc2cccc(C(F)(F)F)c2)nc1NC1CC1. The number of hydrogen-bond donors (Lipinski definition) is 1. The molecule has 1 aromatic carbocycles. The van der Waals surface area contributed by atoms with Gasteiger partial charge in [-0.3, -0.25) is 0 Å². The third kappa shape index (κ3) is 4.08. The second-order valence-electron chi connectivity index (χ2n) is 5.25. The lowest BCUT2D eigenvalue weighted by Gasteiger charge is -2.10. The summed E-state index contributed by atoms with van der Waals surface area (Å²) >= 11 is 0. The molecule has 8 heteroatoms. The molecule has 0 saturated heterocycles. The van der Waals surface area contributed by atoms with E-state index in [9.17, 15) is 17.6 Å². The number of ether oxygens (including phenoxy) is 1. The number of aromatic nitrogens is 2. The fourth-order valence-electron chi connectivity index (χ4n) is 1.93. The van der Waals surface area contributed by atoms with Crippen molar-refractivity contribution in [3.05, 3.63) is 47.4 Å². The van der Waals surface area contributed by atoms with E-state index in [4.69, 9.17) is 4.74 Å². The number of nitrogens with zero attached hydrogens (tertiary/aromatic N) is 2. The number of alkyl halides is 3. The molecular formula is C15H13F4N3O. The van der Waals surface area contributed by atoms with E-state index in [1.54, 1.807) is 0 Å². The number of halogens is 4. The Bertz CT molecular complexity index is 701. The highest BCUT2D eigenvalue weighted by atomic mass is 19.4. The van der Waals surface area contributed by atoms with E-state index in [-0.39, 0.29) is 24.5 Å². The fraction of sp³-hybridized carbons (Fsp3) is 0.333. The van der Waals surface area contributed by atoms with Crippen molar-refractivity contribution >= 4 is 5.82 Å². The lowest BCUT2D eigenvalue weighted by molar-refractivity contribution is -0.137. The molecule has 1 aliphatic carbocycles. The molecule has 2 aromatic rings. The average molecular weight is 327 g/mol. The molecule has 4 nitrogen and oxygen atoms in total. The molecular weight excluding hydrogens is 314 g/mol. The van der Waals surface area contributed by atoms with Crippen LogP contribution in [0.5, 0.6) is 6.01 Å². The molecule has 1 N–H and O–H groups in total. The molecule has 1 fully saturated rings. The van der Waals surface area contributed by atoms with Crippen molar-refractivity contribution in [2.24, 2.45) is 0 Å². The van der Waals surface area contributed by atoms with Crippen LogP contribution in [0.15, 0.2) is 30.5 Å². The van der Waals surface area contributed by atoms with Gasteiger partial charge < -0.3 is 10.1 Å². The van der Waals surface area contributed by atoms with Crippen LogP contribution in [0.25, 0.3) is 0 Å². The standard InChI is InChI=1S/C15H13F4N3O/c16-12-7-20-14(22-13(12)21-11-4-5-11)23-8-9-2-1-3-10(6-9)15(17,18)19/h1-3,6-7,11H,4-5,8H2,(H,20,21,22). The maximum Gasteiger partial charge on any atom is 0.416 e. The average Bonchev–Trinajstić information content (AvgIpc) is 3.31. The van der Waals surface area contributed by atoms with E-state index in [2.05, 4.69) is 15.3 Å². The lowest BCUT2D eigenvalue weighted by Crippen LogP contribution is -2.09. The van der Waals surface area contributed by atoms with Crippen molar-refractivity contribution in [2.75, 3.05) is 5.32 Å². The second kappa shape index (κ2) is 6.02. The molecule has 122 valence electrons. The highest BCUT2D eigenvalue weighted by molar-refractivity contribution is 5.38. The van der Waals surface area contributed by atoms with Crippen LogP contribution in [0.3, 0.4) is 0 Å². The van der Waals surface area contributed by atoms with E-state index in [0.717, 1.165) is 31.2 Å². The monoisotopic (exact) mass is 327 g/mol. The van der Waals surface area contributed by atoms with Crippen LogP contribution in [-0.4, -0.2) is 16.0 Å². The minimum atomic E-state index is -4.41. The van der Waals surface area contributed by atoms with Gasteiger partial charge in [0.1, 0.15) is 6.61 Å². The van der Waals surface area contributed by atoms with Crippen molar-refractivity contribution in [2.45, 2.75) is 31.7 Å². The maximum absolute atomic E-state index is 13.5. The summed E-state index contributed by atoms with van der Waals surface area (Å²) in [6.45, 7) is -0.140. The summed E-state index contributed by atoms with van der Waals surface area (Å²) in [5, 5.41) is 2.90. The molecule has 0 spiro atoms. The molecule has 1 aliphatic rings. The van der Waals surface area contributed by atoms with Gasteiger partial charge in [-0.25, -0.2) is 9.37 Å². The van der Waals surface area contributed by atoms with Crippen molar-refractivity contribution in [1.82, 2.24) is 9.97 Å². The van der Waals surface area contributed by atoms with E-state index < -0.39 is 17.6 Å². The smallest absolute Gasteiger partial charge is 0.416 e. The molecule has 0 aliphatic heterocycles. The molecule has 0 atom stereocenters. The van der Waals surface area contributed by atoms with Crippen LogP contribution in [0, 0.1) is 5.82 Å². The van der Waals surface area contributed by atoms with Gasteiger partial charge in [0.05, 0.1) is 11.8 Å². The van der Waals surface area contributed by atoms with Crippen molar-refractivity contribution in [3.8, 4) is 6.01 Å². The normalized spacial score (nSPS) is 14.6. The van der Waals surface area contributed by atoms with Crippen LogP contribution >= 0.6 is 0 Å². The van der Waals surface area contributed by atoms with Crippen molar-refractivity contribution in [1.29, 1.82) is 0 Å². The molecule has 0 amide bonds. The predicted octanol–water partition coefficient (Wildman–Crippen LogP) is 3.79. The van der Waals surface area contributed by atoms with E-state index in [1.807, 2.05) is 0 Å². The number of rotatable bonds is 5. The fourth-order valence-corrected chi connectivity index (χ4v) is 1.93. The Morgan fingerprint density at radius 2 is 2.04 bits per heavy atom. The van der Waals surface area contributed by atoms with Gasteiger partial charge in [-0.1, -0.05) is 12.1 Å². The quantitative estimate of drug-likeness (QED) is 0.849. The van der Waals surface area contributed by atoms with Crippen LogP contribution in [0.2, 0.25) is 0 Å². The van der Waals surface area contributed by atoms with Gasteiger partial charge in [-0.05, 0) is 30.5 Å². The summed E-state index contributed by atoms with van der Waals surface area (Å²) in [6.07, 6.45) is -1.54. The zero-order valence-electron chi connectivity index (χ0n) is 11.9. The van der Waals surface area contributed by atoms with Gasteiger partial charge in [0.15, 0.2) is 11.6 Å². The molecule has 3 rings (SSSR count). The van der Waals surface area contributed by atoms with Crippen LogP contribution in [0.4, 0.5) is 23.4 Å². The summed E-state index contributed by atoms with van der Waals surface area (Å²) in [7, 11) is 0. The van der Waals surface area contributed by atoms with Crippen LogP contribution < -0.4 is 10.1 Å². The van der Waals surface area contributed by atoms with Gasteiger partial charge in [-0.15, -0.1) is 0 Å². The van der Waals surface area contributed by atoms with Gasteiger partial charge in [0, 0.05) is 6.04 Å². The van der Waals surface area contributed by atoms with Gasteiger partial charge in [0.25, 0.3) is 0 Å². The van der Waals surface area contributed by atoms with E-state index in [0.29, 0.717) is 5.56 Å². The first kappa shape index (κ1) is 15.5. The third-order valence-corrected chi connectivity index (χ3v) is 3.26. The Hall–Kier alpha value is -2.38. The largest absolute Gasteiger partial charge is 0.459 e. The van der Waals surface area contributed by atoms with Crippen molar-refractivity contribution < 1.29 is 22.3 Å². The number of hydrogen-bond acceptors (Lipinski definition) is 4. The first-order valence-electron chi connectivity index (χ1n) is 7.00. The third-order valence-electron chi connectivity index (χ3n) is 3.26. The Morgan fingerprint density at radius 3 is 2.74 bits per heavy atom.